The summed E-state index contributed by atoms with van der Waals surface area (Å²) in [4.78, 5) is 8.47. The van der Waals surface area contributed by atoms with Crippen molar-refractivity contribution in [3.8, 4) is 0 Å². The van der Waals surface area contributed by atoms with Gasteiger partial charge in [0.25, 0.3) is 12.9 Å². The molecule has 28 heavy (non-hydrogen) atoms. The first-order valence-electron chi connectivity index (χ1n) is 10.6. The summed E-state index contributed by atoms with van der Waals surface area (Å²) in [6.07, 6.45) is 1.54. The summed E-state index contributed by atoms with van der Waals surface area (Å²) in [5, 5.41) is 0. The minimum absolute atomic E-state index is 0.127. The molecule has 0 aliphatic carbocycles. The van der Waals surface area contributed by atoms with E-state index in [0.29, 0.717) is 13.1 Å². The third kappa shape index (κ3) is 7.61. The zero-order valence-electron chi connectivity index (χ0n) is 17.3. The van der Waals surface area contributed by atoms with Crippen LogP contribution >= 0.6 is 0 Å². The first-order chi connectivity index (χ1) is 13.4. The van der Waals surface area contributed by atoms with Crippen molar-refractivity contribution in [1.82, 2.24) is 19.6 Å². The number of halogens is 4. The Kier molecular flexibility index (Phi) is 10.2. The van der Waals surface area contributed by atoms with Crippen molar-refractivity contribution in [1.29, 1.82) is 0 Å². The molecule has 0 saturated carbocycles. The lowest BCUT2D eigenvalue weighted by Crippen LogP contribution is -2.54. The van der Waals surface area contributed by atoms with E-state index in [1.54, 1.807) is 0 Å². The van der Waals surface area contributed by atoms with E-state index >= 15 is 0 Å². The van der Waals surface area contributed by atoms with E-state index < -0.39 is 12.9 Å². The van der Waals surface area contributed by atoms with Gasteiger partial charge < -0.3 is 0 Å². The second-order valence-corrected chi connectivity index (χ2v) is 7.89. The zero-order chi connectivity index (χ0) is 20.5. The van der Waals surface area contributed by atoms with Crippen LogP contribution in [0.25, 0.3) is 0 Å². The van der Waals surface area contributed by atoms with Crippen LogP contribution in [0.4, 0.5) is 17.6 Å². The van der Waals surface area contributed by atoms with E-state index in [4.69, 9.17) is 0 Å². The van der Waals surface area contributed by atoms with Crippen LogP contribution in [-0.2, 0) is 0 Å². The lowest BCUT2D eigenvalue weighted by atomic mass is 10.1. The Morgan fingerprint density at radius 1 is 0.714 bits per heavy atom. The van der Waals surface area contributed by atoms with Gasteiger partial charge in [-0.05, 0) is 12.8 Å². The normalized spacial score (nSPS) is 26.9. The predicted octanol–water partition coefficient (Wildman–Crippen LogP) is 2.87. The summed E-state index contributed by atoms with van der Waals surface area (Å²) in [5.74, 6) is 0. The first kappa shape index (κ1) is 23.6. The van der Waals surface area contributed by atoms with Crippen LogP contribution in [0.2, 0.25) is 0 Å². The van der Waals surface area contributed by atoms with Gasteiger partial charge in [0.1, 0.15) is 0 Å². The third-order valence-electron chi connectivity index (χ3n) is 5.96. The van der Waals surface area contributed by atoms with Gasteiger partial charge in [0.15, 0.2) is 0 Å². The van der Waals surface area contributed by atoms with Gasteiger partial charge in [0.05, 0.1) is 13.1 Å². The van der Waals surface area contributed by atoms with Crippen molar-refractivity contribution in [3.63, 3.8) is 0 Å². The quantitative estimate of drug-likeness (QED) is 0.407. The molecule has 2 atom stereocenters. The molecule has 0 aromatic heterocycles. The minimum atomic E-state index is -2.27. The monoisotopic (exact) mass is 408 g/mol. The lowest BCUT2D eigenvalue weighted by Gasteiger charge is -2.41. The molecular formula is C20H36F4N4. The maximum Gasteiger partial charge on any atom is 0.251 e. The second-order valence-electron chi connectivity index (χ2n) is 7.89. The molecule has 2 aliphatic rings. The van der Waals surface area contributed by atoms with E-state index in [2.05, 4.69) is 35.8 Å². The fraction of sp³-hybridized carbons (Fsp3) is 0.900. The average molecular weight is 409 g/mol. The Morgan fingerprint density at radius 2 is 1.11 bits per heavy atom. The Morgan fingerprint density at radius 3 is 1.43 bits per heavy atom. The van der Waals surface area contributed by atoms with Crippen LogP contribution in [0.1, 0.15) is 26.7 Å². The summed E-state index contributed by atoms with van der Waals surface area (Å²) in [7, 11) is 0. The fourth-order valence-corrected chi connectivity index (χ4v) is 4.30. The molecule has 0 aromatic carbocycles. The Hall–Kier alpha value is -0.700. The average Bonchev–Trinajstić information content (AvgIpc) is 2.66. The minimum Gasteiger partial charge on any atom is -0.297 e. The zero-order valence-corrected chi connectivity index (χ0v) is 17.3. The Bertz CT molecular complexity index is 423. The molecular weight excluding hydrogens is 372 g/mol. The summed E-state index contributed by atoms with van der Waals surface area (Å²) in [6, 6.07) is 0.397. The van der Waals surface area contributed by atoms with Gasteiger partial charge in [-0.1, -0.05) is 26.0 Å². The Labute approximate surface area is 167 Å². The van der Waals surface area contributed by atoms with Gasteiger partial charge in [0, 0.05) is 64.4 Å². The number of alkyl halides is 4. The molecule has 0 aromatic rings. The molecule has 2 heterocycles. The van der Waals surface area contributed by atoms with Crippen LogP contribution in [0.3, 0.4) is 0 Å². The van der Waals surface area contributed by atoms with Crippen molar-refractivity contribution in [3.05, 3.63) is 12.2 Å². The van der Waals surface area contributed by atoms with Gasteiger partial charge in [0.2, 0.25) is 0 Å². The van der Waals surface area contributed by atoms with Crippen LogP contribution in [0.5, 0.6) is 0 Å². The van der Waals surface area contributed by atoms with Crippen molar-refractivity contribution < 1.29 is 17.6 Å². The number of piperazine rings is 2. The van der Waals surface area contributed by atoms with Gasteiger partial charge >= 0.3 is 0 Å². The SMILES string of the molecule is CCC1CN(C/C=C/CN2CCN(CC(F)F)C(CC)C2)CCN1CC(F)F. The number of rotatable bonds is 10. The van der Waals surface area contributed by atoms with E-state index in [-0.39, 0.29) is 25.2 Å². The predicted molar refractivity (Wildman–Crippen MR) is 105 cm³/mol. The molecule has 2 aliphatic heterocycles. The highest BCUT2D eigenvalue weighted by molar-refractivity contribution is 4.93. The van der Waals surface area contributed by atoms with Crippen molar-refractivity contribution >= 4 is 0 Å². The summed E-state index contributed by atoms with van der Waals surface area (Å²) >= 11 is 0. The van der Waals surface area contributed by atoms with Gasteiger partial charge in [-0.2, -0.15) is 0 Å². The summed E-state index contributed by atoms with van der Waals surface area (Å²) in [6.45, 7) is 10.2. The first-order valence-corrected chi connectivity index (χ1v) is 10.6. The molecule has 8 heteroatoms. The standard InChI is InChI=1S/C20H36F4N4/c1-3-17-13-25(9-11-27(17)15-19(21)22)7-5-6-8-26-10-12-28(16-20(23)24)18(4-2)14-26/h5-6,17-20H,3-4,7-16H2,1-2H3/b6-5+. The van der Waals surface area contributed by atoms with E-state index in [9.17, 15) is 17.6 Å². The van der Waals surface area contributed by atoms with Gasteiger partial charge in [-0.25, -0.2) is 17.6 Å². The largest absolute Gasteiger partial charge is 0.297 e. The molecule has 0 bridgehead atoms. The number of nitrogens with zero attached hydrogens (tertiary/aromatic N) is 4. The molecule has 0 N–H and O–H groups in total. The third-order valence-corrected chi connectivity index (χ3v) is 5.96. The van der Waals surface area contributed by atoms with Crippen molar-refractivity contribution in [2.24, 2.45) is 0 Å². The van der Waals surface area contributed by atoms with Crippen molar-refractivity contribution in [2.75, 3.05) is 65.4 Å². The summed E-state index contributed by atoms with van der Waals surface area (Å²) in [5.41, 5.74) is 0. The van der Waals surface area contributed by atoms with E-state index in [1.165, 1.54) is 0 Å². The molecule has 2 fully saturated rings. The second kappa shape index (κ2) is 12.1. The van der Waals surface area contributed by atoms with Crippen LogP contribution < -0.4 is 0 Å². The molecule has 2 unspecified atom stereocenters. The van der Waals surface area contributed by atoms with Crippen LogP contribution in [0, 0.1) is 0 Å². The maximum atomic E-state index is 12.7. The Balaban J connectivity index is 1.71. The van der Waals surface area contributed by atoms with Gasteiger partial charge in [-0.3, -0.25) is 19.6 Å². The summed E-state index contributed by atoms with van der Waals surface area (Å²) < 4.78 is 50.7. The van der Waals surface area contributed by atoms with Gasteiger partial charge in [-0.15, -0.1) is 0 Å². The maximum absolute atomic E-state index is 12.7. The van der Waals surface area contributed by atoms with Crippen molar-refractivity contribution in [2.45, 2.75) is 51.6 Å². The molecule has 4 nitrogen and oxygen atoms in total. The lowest BCUT2D eigenvalue weighted by molar-refractivity contribution is 0.0214. The van der Waals surface area contributed by atoms with E-state index in [1.807, 2.05) is 9.80 Å². The topological polar surface area (TPSA) is 13.0 Å². The molecule has 2 saturated heterocycles. The van der Waals surface area contributed by atoms with Crippen LogP contribution in [0.15, 0.2) is 12.2 Å². The molecule has 2 rings (SSSR count). The molecule has 0 radical (unpaired) electrons. The highest BCUT2D eigenvalue weighted by Gasteiger charge is 2.28. The van der Waals surface area contributed by atoms with Crippen LogP contribution in [-0.4, -0.2) is 110 Å². The molecule has 0 amide bonds. The highest BCUT2D eigenvalue weighted by atomic mass is 19.3. The molecule has 0 spiro atoms. The number of hydrogen-bond donors (Lipinski definition) is 0. The number of hydrogen-bond acceptors (Lipinski definition) is 4. The smallest absolute Gasteiger partial charge is 0.251 e. The molecule has 164 valence electrons. The van der Waals surface area contributed by atoms with E-state index in [0.717, 1.165) is 52.1 Å². The fourth-order valence-electron chi connectivity index (χ4n) is 4.30. The highest BCUT2D eigenvalue weighted by Crippen LogP contribution is 2.16.